The molecule has 0 fully saturated rings. The summed E-state index contributed by atoms with van der Waals surface area (Å²) in [6.45, 7) is 3.53. The van der Waals surface area contributed by atoms with Gasteiger partial charge in [-0.15, -0.1) is 0 Å². The second-order valence-electron chi connectivity index (χ2n) is 7.55. The van der Waals surface area contributed by atoms with Crippen LogP contribution in [0.3, 0.4) is 0 Å². The third-order valence-corrected chi connectivity index (χ3v) is 7.46. The molecule has 0 aliphatic carbocycles. The van der Waals surface area contributed by atoms with Gasteiger partial charge < -0.3 is 4.74 Å². The van der Waals surface area contributed by atoms with Crippen LogP contribution in [0, 0.1) is 0 Å². The van der Waals surface area contributed by atoms with E-state index < -0.39 is 10.0 Å². The Morgan fingerprint density at radius 3 is 1.90 bits per heavy atom. The lowest BCUT2D eigenvalue weighted by molar-refractivity contribution is 0.417. The summed E-state index contributed by atoms with van der Waals surface area (Å²) in [5, 5.41) is 3.76. The lowest BCUT2D eigenvalue weighted by Gasteiger charge is -2.21. The van der Waals surface area contributed by atoms with E-state index in [4.69, 9.17) is 27.9 Å². The first kappa shape index (κ1) is 21.9. The van der Waals surface area contributed by atoms with Crippen LogP contribution < -0.4 is 9.46 Å². The normalized spacial score (nSPS) is 12.1. The molecule has 0 heterocycles. The quantitative estimate of drug-likeness (QED) is 0.352. The predicted octanol–water partition coefficient (Wildman–Crippen LogP) is 6.66. The zero-order valence-electron chi connectivity index (χ0n) is 17.2. The second-order valence-corrected chi connectivity index (χ2v) is 10.0. The molecule has 0 atom stereocenters. The van der Waals surface area contributed by atoms with Crippen molar-refractivity contribution in [3.8, 4) is 16.9 Å². The Morgan fingerprint density at radius 1 is 0.839 bits per heavy atom. The molecular weight excluding hydrogens is 453 g/mol. The van der Waals surface area contributed by atoms with Crippen LogP contribution in [0.2, 0.25) is 10.0 Å². The van der Waals surface area contributed by atoms with E-state index >= 15 is 0 Å². The van der Waals surface area contributed by atoms with Crippen molar-refractivity contribution < 1.29 is 13.2 Å². The molecule has 0 saturated carbocycles. The van der Waals surface area contributed by atoms with E-state index in [1.165, 1.54) is 7.11 Å². The zero-order chi connectivity index (χ0) is 22.3. The topological polar surface area (TPSA) is 55.4 Å². The molecule has 4 aromatic carbocycles. The van der Waals surface area contributed by atoms with Crippen molar-refractivity contribution in [1.29, 1.82) is 0 Å². The van der Waals surface area contributed by atoms with Gasteiger partial charge in [-0.1, -0.05) is 71.7 Å². The van der Waals surface area contributed by atoms with E-state index in [-0.39, 0.29) is 16.0 Å². The van der Waals surface area contributed by atoms with Gasteiger partial charge in [0.05, 0.1) is 17.2 Å². The largest absolute Gasteiger partial charge is 0.495 e. The summed E-state index contributed by atoms with van der Waals surface area (Å²) in [6, 6.07) is 18.4. The summed E-state index contributed by atoms with van der Waals surface area (Å²) >= 11 is 13.2. The molecule has 0 radical (unpaired) electrons. The number of benzene rings is 4. The van der Waals surface area contributed by atoms with Crippen molar-refractivity contribution in [3.63, 3.8) is 0 Å². The van der Waals surface area contributed by atoms with Gasteiger partial charge in [-0.05, 0) is 47.5 Å². The van der Waals surface area contributed by atoms with Gasteiger partial charge in [0.2, 0.25) is 10.0 Å². The van der Waals surface area contributed by atoms with Gasteiger partial charge >= 0.3 is 0 Å². The SMILES string of the molecule is COc1c(Cl)cc2ccccc2c1-c1c(S(=O)(=O)NC(C)C)c(Cl)cc2ccccc12. The van der Waals surface area contributed by atoms with Crippen molar-refractivity contribution in [3.05, 3.63) is 70.7 Å². The van der Waals surface area contributed by atoms with Crippen molar-refractivity contribution >= 4 is 54.8 Å². The molecule has 4 rings (SSSR count). The Balaban J connectivity index is 2.28. The Hall–Kier alpha value is -2.31. The third kappa shape index (κ3) is 3.87. The summed E-state index contributed by atoms with van der Waals surface area (Å²) < 4.78 is 35.3. The maximum absolute atomic E-state index is 13.5. The number of methoxy groups -OCH3 is 1. The number of hydrogen-bond acceptors (Lipinski definition) is 3. The lowest BCUT2D eigenvalue weighted by atomic mass is 9.93. The fourth-order valence-electron chi connectivity index (χ4n) is 3.92. The van der Waals surface area contributed by atoms with Crippen LogP contribution in [0.25, 0.3) is 32.7 Å². The van der Waals surface area contributed by atoms with Crippen LogP contribution in [0.1, 0.15) is 13.8 Å². The number of halogens is 2. The highest BCUT2D eigenvalue weighted by Gasteiger charge is 2.29. The molecule has 31 heavy (non-hydrogen) atoms. The van der Waals surface area contributed by atoms with Crippen LogP contribution in [0.15, 0.2) is 65.6 Å². The number of fused-ring (bicyclic) bond motifs is 2. The van der Waals surface area contributed by atoms with E-state index in [0.29, 0.717) is 21.9 Å². The summed E-state index contributed by atoms with van der Waals surface area (Å²) in [6.07, 6.45) is 0. The van der Waals surface area contributed by atoms with E-state index in [1.807, 2.05) is 54.6 Å². The standard InChI is InChI=1S/C24H21Cl2NO3S/c1-14(2)27-31(28,29)24-20(26)13-16-9-5-7-11-18(16)22(24)21-17-10-6-4-8-15(17)12-19(25)23(21)30-3/h4-14,27H,1-3H3. The summed E-state index contributed by atoms with van der Waals surface area (Å²) in [5.41, 5.74) is 1.06. The van der Waals surface area contributed by atoms with E-state index in [2.05, 4.69) is 4.72 Å². The first-order valence-corrected chi connectivity index (χ1v) is 12.0. The van der Waals surface area contributed by atoms with Gasteiger partial charge in [0, 0.05) is 17.2 Å². The number of ether oxygens (including phenoxy) is 1. The van der Waals surface area contributed by atoms with Crippen LogP contribution in [0.4, 0.5) is 0 Å². The first-order chi connectivity index (χ1) is 14.7. The molecule has 0 aromatic heterocycles. The van der Waals surface area contributed by atoms with E-state index in [9.17, 15) is 8.42 Å². The third-order valence-electron chi connectivity index (χ3n) is 5.03. The molecule has 4 aromatic rings. The summed E-state index contributed by atoms with van der Waals surface area (Å²) in [7, 11) is -2.43. The monoisotopic (exact) mass is 473 g/mol. The highest BCUT2D eigenvalue weighted by molar-refractivity contribution is 7.89. The minimum Gasteiger partial charge on any atom is -0.495 e. The van der Waals surface area contributed by atoms with Gasteiger partial charge in [-0.25, -0.2) is 13.1 Å². The van der Waals surface area contributed by atoms with Gasteiger partial charge in [0.15, 0.2) is 0 Å². The number of nitrogens with one attached hydrogen (secondary N) is 1. The maximum Gasteiger partial charge on any atom is 0.242 e. The average Bonchev–Trinajstić information content (AvgIpc) is 2.70. The molecule has 1 N–H and O–H groups in total. The van der Waals surface area contributed by atoms with Crippen molar-refractivity contribution in [2.24, 2.45) is 0 Å². The minimum atomic E-state index is -3.95. The van der Waals surface area contributed by atoms with Gasteiger partial charge in [0.25, 0.3) is 0 Å². The van der Waals surface area contributed by atoms with E-state index in [1.54, 1.807) is 19.9 Å². The van der Waals surface area contributed by atoms with Gasteiger partial charge in [0.1, 0.15) is 10.6 Å². The summed E-state index contributed by atoms with van der Waals surface area (Å²) in [4.78, 5) is 0.00675. The van der Waals surface area contributed by atoms with Crippen molar-refractivity contribution in [1.82, 2.24) is 4.72 Å². The molecule has 160 valence electrons. The number of hydrogen-bond donors (Lipinski definition) is 1. The Morgan fingerprint density at radius 2 is 1.35 bits per heavy atom. The molecule has 0 aliphatic heterocycles. The molecule has 4 nitrogen and oxygen atoms in total. The van der Waals surface area contributed by atoms with Gasteiger partial charge in [-0.3, -0.25) is 0 Å². The fourth-order valence-corrected chi connectivity index (χ4v) is 6.26. The Kier molecular flexibility index (Phi) is 5.88. The van der Waals surface area contributed by atoms with E-state index in [0.717, 1.165) is 21.5 Å². The van der Waals surface area contributed by atoms with Crippen molar-refractivity contribution in [2.45, 2.75) is 24.8 Å². The predicted molar refractivity (Wildman–Crippen MR) is 129 cm³/mol. The van der Waals surface area contributed by atoms with Gasteiger partial charge in [-0.2, -0.15) is 0 Å². The molecule has 0 saturated heterocycles. The smallest absolute Gasteiger partial charge is 0.242 e. The first-order valence-electron chi connectivity index (χ1n) is 9.73. The lowest BCUT2D eigenvalue weighted by Crippen LogP contribution is -2.31. The highest BCUT2D eigenvalue weighted by Crippen LogP contribution is 2.48. The van der Waals surface area contributed by atoms with Crippen LogP contribution >= 0.6 is 23.2 Å². The summed E-state index contributed by atoms with van der Waals surface area (Å²) in [5.74, 6) is 0.397. The molecule has 0 unspecified atom stereocenters. The van der Waals surface area contributed by atoms with Crippen LogP contribution in [0.5, 0.6) is 5.75 Å². The Bertz CT molecular complexity index is 1420. The van der Waals surface area contributed by atoms with Crippen LogP contribution in [-0.2, 0) is 10.0 Å². The zero-order valence-corrected chi connectivity index (χ0v) is 19.6. The second kappa shape index (κ2) is 8.32. The molecule has 7 heteroatoms. The number of rotatable bonds is 5. The minimum absolute atomic E-state index is 0.00675. The highest BCUT2D eigenvalue weighted by atomic mass is 35.5. The molecular formula is C24H21Cl2NO3S. The Labute approximate surface area is 191 Å². The number of sulfonamides is 1. The fraction of sp³-hybridized carbons (Fsp3) is 0.167. The molecule has 0 amide bonds. The maximum atomic E-state index is 13.5. The molecule has 0 bridgehead atoms. The molecule has 0 spiro atoms. The average molecular weight is 474 g/mol. The van der Waals surface area contributed by atoms with Crippen molar-refractivity contribution in [2.75, 3.05) is 7.11 Å². The van der Waals surface area contributed by atoms with Crippen LogP contribution in [-0.4, -0.2) is 21.6 Å². The molecule has 0 aliphatic rings.